The molecule has 6 heterocycles. The highest BCUT2D eigenvalue weighted by Crippen LogP contribution is 2.54. The van der Waals surface area contributed by atoms with E-state index < -0.39 is 121 Å². The summed E-state index contributed by atoms with van der Waals surface area (Å²) in [5.74, 6) is 0. The van der Waals surface area contributed by atoms with Crippen LogP contribution in [0.15, 0.2) is 65.6 Å². The van der Waals surface area contributed by atoms with Crippen LogP contribution >= 0.6 is 14.5 Å². The molecular formula is C54H92N6O20P2S. The number of aromatic nitrogens is 6. The third-order valence-electron chi connectivity index (χ3n) is 12.3. The normalized spacial score (nSPS) is 27.7. The Bertz CT molecular complexity index is 2940. The van der Waals surface area contributed by atoms with E-state index in [4.69, 9.17) is 63.1 Å². The van der Waals surface area contributed by atoms with Crippen LogP contribution in [0.2, 0.25) is 0 Å². The molecule has 3 fully saturated rings. The maximum atomic E-state index is 12.6. The van der Waals surface area contributed by atoms with Crippen molar-refractivity contribution in [2.24, 2.45) is 16.2 Å². The zero-order chi connectivity index (χ0) is 63.4. The van der Waals surface area contributed by atoms with Gasteiger partial charge in [0.2, 0.25) is 0 Å². The minimum Gasteiger partial charge on any atom is -0.374 e. The molecule has 0 radical (unpaired) electrons. The Morgan fingerprint density at radius 1 is 0.470 bits per heavy atom. The lowest BCUT2D eigenvalue weighted by Crippen LogP contribution is -2.43. The summed E-state index contributed by atoms with van der Waals surface area (Å²) in [5.41, 5.74) is -5.67. The molecule has 3 aliphatic rings. The summed E-state index contributed by atoms with van der Waals surface area (Å²) < 4.78 is 79.9. The molecule has 5 unspecified atom stereocenters. The van der Waals surface area contributed by atoms with Gasteiger partial charge in [0.15, 0.2) is 18.7 Å². The van der Waals surface area contributed by atoms with Gasteiger partial charge in [0.1, 0.15) is 36.6 Å². The maximum absolute atomic E-state index is 12.6. The van der Waals surface area contributed by atoms with Crippen molar-refractivity contribution in [2.75, 3.05) is 21.3 Å². The highest BCUT2D eigenvalue weighted by atomic mass is 32.5. The van der Waals surface area contributed by atoms with E-state index in [-0.39, 0.29) is 34.1 Å². The maximum Gasteiger partial charge on any atom is 0.473 e. The third kappa shape index (κ3) is 22.3. The van der Waals surface area contributed by atoms with Gasteiger partial charge in [-0.15, -0.1) is 0 Å². The predicted molar refractivity (Wildman–Crippen MR) is 313 cm³/mol. The number of rotatable bonds is 16. The van der Waals surface area contributed by atoms with Gasteiger partial charge in [-0.25, -0.2) is 18.9 Å². The average Bonchev–Trinajstić information content (AvgIpc) is 3.30. The summed E-state index contributed by atoms with van der Waals surface area (Å²) in [7, 11) is -0.0332. The zero-order valence-corrected chi connectivity index (χ0v) is 54.5. The largest absolute Gasteiger partial charge is 0.473 e. The van der Waals surface area contributed by atoms with E-state index in [1.54, 1.807) is 48.7 Å². The number of aromatic amines is 3. The van der Waals surface area contributed by atoms with Crippen molar-refractivity contribution in [2.45, 2.75) is 234 Å². The van der Waals surface area contributed by atoms with E-state index >= 15 is 0 Å². The number of H-pyrrole nitrogens is 3. The first-order valence-electron chi connectivity index (χ1n) is 27.3. The average molecular weight is 1240 g/mol. The van der Waals surface area contributed by atoms with E-state index in [1.807, 2.05) is 62.3 Å². The number of ether oxygens (including phenoxy) is 7. The summed E-state index contributed by atoms with van der Waals surface area (Å²) in [5, 5.41) is 0. The molecule has 3 aromatic rings. The minimum absolute atomic E-state index is 0.0211. The molecule has 29 heteroatoms. The van der Waals surface area contributed by atoms with Crippen LogP contribution in [0.3, 0.4) is 0 Å². The van der Waals surface area contributed by atoms with Crippen molar-refractivity contribution >= 4 is 26.3 Å². The second kappa shape index (κ2) is 27.6. The van der Waals surface area contributed by atoms with Gasteiger partial charge in [0, 0.05) is 58.1 Å². The van der Waals surface area contributed by atoms with E-state index in [0.29, 0.717) is 12.8 Å². The minimum atomic E-state index is -4.46. The fourth-order valence-electron chi connectivity index (χ4n) is 9.58. The molecule has 0 amide bonds. The number of methoxy groups -OCH3 is 3. The third-order valence-corrected chi connectivity index (χ3v) is 15.3. The Morgan fingerprint density at radius 3 is 1.02 bits per heavy atom. The van der Waals surface area contributed by atoms with Gasteiger partial charge < -0.3 is 47.5 Å². The lowest BCUT2D eigenvalue weighted by atomic mass is 9.87. The summed E-state index contributed by atoms with van der Waals surface area (Å²) in [6.45, 7) is 31.0. The Hall–Kier alpha value is -3.60. The first-order valence-corrected chi connectivity index (χ1v) is 31.3. The van der Waals surface area contributed by atoms with Gasteiger partial charge in [0.25, 0.3) is 16.7 Å². The number of hydrogen-bond donors (Lipinski definition) is 5. The van der Waals surface area contributed by atoms with Crippen molar-refractivity contribution in [3.63, 3.8) is 0 Å². The molecule has 0 saturated carbocycles. The Morgan fingerprint density at radius 2 is 0.759 bits per heavy atom. The molecule has 0 spiro atoms. The van der Waals surface area contributed by atoms with E-state index in [0.717, 1.165) is 6.42 Å². The highest BCUT2D eigenvalue weighted by Gasteiger charge is 2.53. The monoisotopic (exact) mass is 1240 g/mol. The molecule has 14 atom stereocenters. The fraction of sp³-hybridized carbons (Fsp3) is 0.778. The molecule has 474 valence electrons. The van der Waals surface area contributed by atoms with Crippen LogP contribution in [0.1, 0.15) is 163 Å². The second-order valence-corrected chi connectivity index (χ2v) is 31.4. The second-order valence-electron chi connectivity index (χ2n) is 27.3. The zero-order valence-electron chi connectivity index (χ0n) is 51.9. The van der Waals surface area contributed by atoms with Crippen molar-refractivity contribution in [1.29, 1.82) is 0 Å². The lowest BCUT2D eigenvalue weighted by Gasteiger charge is -2.32. The molecule has 3 aliphatic heterocycles. The van der Waals surface area contributed by atoms with Crippen molar-refractivity contribution in [3.8, 4) is 0 Å². The topological polar surface area (TPSA) is 324 Å². The van der Waals surface area contributed by atoms with Crippen LogP contribution in [0, 0.1) is 16.2 Å². The molecule has 26 nitrogen and oxygen atoms in total. The number of nitrogens with zero attached hydrogens (tertiary/aromatic N) is 3. The van der Waals surface area contributed by atoms with Crippen LogP contribution in [0.4, 0.5) is 0 Å². The van der Waals surface area contributed by atoms with Crippen LogP contribution in [-0.4, -0.2) is 132 Å². The van der Waals surface area contributed by atoms with Gasteiger partial charge in [-0.1, -0.05) is 62.3 Å². The number of nitrogens with one attached hydrogen (secondary N) is 3. The molecule has 0 aromatic carbocycles. The molecule has 5 N–H and O–H groups in total. The number of hydrogen-bond acceptors (Lipinski definition) is 19. The molecule has 0 aliphatic carbocycles. The standard InChI is InChI=1S/C18H31N2O8P.C18H31N2O7PS.C18H30N2O5/c1-17(2,3)10-11-13(27-29(23,24)28-18(4,5)6)14(25-7)15(26-11)20-9-8-12(21)19-16(20)22;1-17(2,3)10-11-13(26-28(23,29)27-18(4,5)6)14(24-7)15(25-11)20-9-8-12(21)19-16(20)22;1-17(2,3)10-11-13(25-18(4,5)6)14(23-7)15(24-11)20-9-8-12(21)19-16(20)22/h8-9,11,13-15H,10H2,1-7H3,(H,23,24)(H,19,21,22);8-9,11,13-15H,10H2,1-7H3,(H,23,29)(H,19,21,22);8-9,11,13-15H,10H2,1-7H3,(H,19,21,22)/t11-,13+,14?,15-;11-,13+,14?,15-,28?;11-,13+,14?,15-/m111/s1. The summed E-state index contributed by atoms with van der Waals surface area (Å²) in [6.07, 6.45) is -2.27. The van der Waals surface area contributed by atoms with Gasteiger partial charge in [-0.2, -0.15) is 0 Å². The van der Waals surface area contributed by atoms with Crippen molar-refractivity contribution in [3.05, 3.63) is 99.3 Å². The molecule has 0 bridgehead atoms. The van der Waals surface area contributed by atoms with Gasteiger partial charge in [0.05, 0.1) is 35.1 Å². The molecule has 6 rings (SSSR count). The van der Waals surface area contributed by atoms with Crippen LogP contribution in [0.5, 0.6) is 0 Å². The molecular weight excluding hydrogens is 1150 g/mol. The fourth-order valence-corrected chi connectivity index (χ4v) is 13.1. The first kappa shape index (κ1) is 71.9. The van der Waals surface area contributed by atoms with Crippen molar-refractivity contribution < 1.29 is 65.6 Å². The van der Waals surface area contributed by atoms with Gasteiger partial charge in [-0.3, -0.25) is 56.6 Å². The van der Waals surface area contributed by atoms with Crippen molar-refractivity contribution in [1.82, 2.24) is 28.7 Å². The lowest BCUT2D eigenvalue weighted by molar-refractivity contribution is -0.124. The Balaban J connectivity index is 0.000000268. The molecule has 3 saturated heterocycles. The first-order chi connectivity index (χ1) is 37.6. The summed E-state index contributed by atoms with van der Waals surface area (Å²) in [6, 6.07) is 3.71. The van der Waals surface area contributed by atoms with Gasteiger partial charge >= 0.3 is 31.6 Å². The number of phosphoric acid groups is 1. The van der Waals surface area contributed by atoms with E-state index in [9.17, 15) is 43.1 Å². The highest BCUT2D eigenvalue weighted by molar-refractivity contribution is 8.07. The smallest absolute Gasteiger partial charge is 0.374 e. The summed E-state index contributed by atoms with van der Waals surface area (Å²) in [4.78, 5) is 98.5. The van der Waals surface area contributed by atoms with Crippen LogP contribution < -0.4 is 33.7 Å². The molecule has 83 heavy (non-hydrogen) atoms. The number of phosphoric ester groups is 1. The van der Waals surface area contributed by atoms with Crippen LogP contribution in [-0.2, 0) is 67.6 Å². The summed E-state index contributed by atoms with van der Waals surface area (Å²) >= 11 is 5.22. The quantitative estimate of drug-likeness (QED) is 0.0948. The molecule has 3 aromatic heterocycles. The van der Waals surface area contributed by atoms with E-state index in [1.165, 1.54) is 64.7 Å². The SMILES string of the molecule is COC1[C@@H](OC(C)(C)C)[C@@H](CC(C)(C)C)O[C@H]1n1ccc(=O)[nH]c1=O.COC1[C@@H](OP(=O)(O)OC(C)(C)C)[C@@H](CC(C)(C)C)O[C@H]1n1ccc(=O)[nH]c1=O.COC1[C@@H](OP(O)(=S)OC(C)(C)C)[C@@H](CC(C)(C)C)O[C@H]1n1ccc(=O)[nH]c1=O. The Labute approximate surface area is 490 Å². The predicted octanol–water partition coefficient (Wildman–Crippen LogP) is 6.56. The van der Waals surface area contributed by atoms with Crippen LogP contribution in [0.25, 0.3) is 0 Å². The van der Waals surface area contributed by atoms with E-state index in [2.05, 4.69) is 35.7 Å². The van der Waals surface area contributed by atoms with Gasteiger partial charge in [-0.05, 0) is 110 Å². The Kier molecular flexibility index (Phi) is 23.9.